The third-order valence-corrected chi connectivity index (χ3v) is 4.09. The molecular formula is C18H13F2NO2S. The Balaban J connectivity index is 1.75. The Hall–Kier alpha value is -2.60. The summed E-state index contributed by atoms with van der Waals surface area (Å²) in [4.78, 5) is 16.3. The second-order valence-electron chi connectivity index (χ2n) is 5.10. The summed E-state index contributed by atoms with van der Waals surface area (Å²) in [6, 6.07) is 10.3. The molecule has 2 aromatic carbocycles. The summed E-state index contributed by atoms with van der Waals surface area (Å²) in [5.41, 5.74) is 0.684. The summed E-state index contributed by atoms with van der Waals surface area (Å²) < 4.78 is 31.9. The smallest absolute Gasteiger partial charge is 0.162 e. The van der Waals surface area contributed by atoms with Gasteiger partial charge in [0.25, 0.3) is 0 Å². The number of halogens is 2. The van der Waals surface area contributed by atoms with Gasteiger partial charge in [-0.3, -0.25) is 4.79 Å². The van der Waals surface area contributed by atoms with E-state index in [9.17, 15) is 13.6 Å². The molecule has 0 aliphatic rings. The normalized spacial score (nSPS) is 10.6. The summed E-state index contributed by atoms with van der Waals surface area (Å²) in [5.74, 6) is -1.30. The predicted octanol–water partition coefficient (Wildman–Crippen LogP) is 4.57. The van der Waals surface area contributed by atoms with Crippen molar-refractivity contribution in [1.82, 2.24) is 4.98 Å². The maximum Gasteiger partial charge on any atom is 0.162 e. The first-order valence-corrected chi connectivity index (χ1v) is 8.10. The second-order valence-corrected chi connectivity index (χ2v) is 6.08. The van der Waals surface area contributed by atoms with Crippen molar-refractivity contribution >= 4 is 17.1 Å². The number of ketones is 1. The fraction of sp³-hybridized carbons (Fsp3) is 0.111. The monoisotopic (exact) mass is 345 g/mol. The van der Waals surface area contributed by atoms with Gasteiger partial charge in [0.2, 0.25) is 0 Å². The van der Waals surface area contributed by atoms with Gasteiger partial charge in [0.1, 0.15) is 17.3 Å². The largest absolute Gasteiger partial charge is 0.457 e. The quantitative estimate of drug-likeness (QED) is 0.657. The molecule has 0 N–H and O–H groups in total. The van der Waals surface area contributed by atoms with Gasteiger partial charge in [-0.1, -0.05) is 18.2 Å². The van der Waals surface area contributed by atoms with Gasteiger partial charge in [-0.05, 0) is 18.2 Å². The van der Waals surface area contributed by atoms with Crippen molar-refractivity contribution in [3.63, 3.8) is 0 Å². The maximum atomic E-state index is 13.3. The third kappa shape index (κ3) is 4.02. The summed E-state index contributed by atoms with van der Waals surface area (Å²) in [7, 11) is 0. The number of ether oxygens (including phenoxy) is 1. The zero-order valence-electron chi connectivity index (χ0n) is 12.5. The number of hydrogen-bond donors (Lipinski definition) is 0. The Morgan fingerprint density at radius 1 is 1.08 bits per heavy atom. The number of aromatic nitrogens is 1. The summed E-state index contributed by atoms with van der Waals surface area (Å²) in [6.07, 6.45) is 2.10. The fourth-order valence-corrected chi connectivity index (χ4v) is 2.85. The van der Waals surface area contributed by atoms with E-state index in [0.717, 1.165) is 17.1 Å². The molecule has 1 aromatic heterocycles. The lowest BCUT2D eigenvalue weighted by molar-refractivity contribution is -0.117. The van der Waals surface area contributed by atoms with E-state index >= 15 is 0 Å². The molecule has 24 heavy (non-hydrogen) atoms. The lowest BCUT2D eigenvalue weighted by Gasteiger charge is -2.11. The summed E-state index contributed by atoms with van der Waals surface area (Å²) in [5, 5.41) is 2.59. The molecule has 3 nitrogen and oxygen atoms in total. The highest BCUT2D eigenvalue weighted by atomic mass is 32.1. The number of Topliss-reactive ketones (excluding diaryl/α,β-unsaturated/α-hetero) is 1. The molecule has 0 aliphatic heterocycles. The lowest BCUT2D eigenvalue weighted by atomic mass is 10.1. The molecule has 0 spiro atoms. The van der Waals surface area contributed by atoms with E-state index < -0.39 is 11.6 Å². The van der Waals surface area contributed by atoms with E-state index in [1.165, 1.54) is 17.4 Å². The van der Waals surface area contributed by atoms with E-state index in [-0.39, 0.29) is 24.4 Å². The molecule has 0 atom stereocenters. The molecule has 0 bridgehead atoms. The van der Waals surface area contributed by atoms with Crippen LogP contribution in [-0.4, -0.2) is 10.8 Å². The highest BCUT2D eigenvalue weighted by molar-refractivity contribution is 7.09. The zero-order valence-corrected chi connectivity index (χ0v) is 13.4. The Morgan fingerprint density at radius 2 is 1.92 bits per heavy atom. The maximum absolute atomic E-state index is 13.3. The van der Waals surface area contributed by atoms with Crippen molar-refractivity contribution in [2.24, 2.45) is 0 Å². The standard InChI is InChI=1S/C18H13F2NO2S/c19-15-6-5-14(11-16(15)20)23-17-4-2-1-3-12(17)9-13(22)10-18-21-7-8-24-18/h1-8,11H,9-10H2. The highest BCUT2D eigenvalue weighted by Crippen LogP contribution is 2.27. The van der Waals surface area contributed by atoms with Crippen LogP contribution in [0.1, 0.15) is 10.6 Å². The van der Waals surface area contributed by atoms with Crippen LogP contribution < -0.4 is 4.74 Å². The van der Waals surface area contributed by atoms with E-state index in [1.54, 1.807) is 30.5 Å². The molecular weight excluding hydrogens is 332 g/mol. The second kappa shape index (κ2) is 7.31. The first kappa shape index (κ1) is 16.3. The average Bonchev–Trinajstić information content (AvgIpc) is 3.05. The van der Waals surface area contributed by atoms with E-state index in [2.05, 4.69) is 4.98 Å². The molecule has 0 aliphatic carbocycles. The number of nitrogens with zero attached hydrogens (tertiary/aromatic N) is 1. The molecule has 0 unspecified atom stereocenters. The Morgan fingerprint density at radius 3 is 2.67 bits per heavy atom. The van der Waals surface area contributed by atoms with Crippen molar-refractivity contribution in [1.29, 1.82) is 0 Å². The van der Waals surface area contributed by atoms with Gasteiger partial charge in [0.15, 0.2) is 11.6 Å². The van der Waals surface area contributed by atoms with Crippen molar-refractivity contribution < 1.29 is 18.3 Å². The van der Waals surface area contributed by atoms with Crippen molar-refractivity contribution in [3.05, 3.63) is 76.2 Å². The summed E-state index contributed by atoms with van der Waals surface area (Å²) >= 11 is 1.43. The van der Waals surface area contributed by atoms with E-state index in [4.69, 9.17) is 4.74 Å². The van der Waals surface area contributed by atoms with Crippen molar-refractivity contribution in [2.45, 2.75) is 12.8 Å². The molecule has 0 saturated carbocycles. The summed E-state index contributed by atoms with van der Waals surface area (Å²) in [6.45, 7) is 0. The first-order valence-electron chi connectivity index (χ1n) is 7.22. The van der Waals surface area contributed by atoms with Gasteiger partial charge in [0, 0.05) is 29.6 Å². The average molecular weight is 345 g/mol. The molecule has 0 fully saturated rings. The van der Waals surface area contributed by atoms with Crippen LogP contribution >= 0.6 is 11.3 Å². The zero-order chi connectivity index (χ0) is 16.9. The van der Waals surface area contributed by atoms with E-state index in [0.29, 0.717) is 11.3 Å². The molecule has 0 radical (unpaired) electrons. The number of rotatable bonds is 6. The molecule has 6 heteroatoms. The number of benzene rings is 2. The molecule has 0 amide bonds. The minimum atomic E-state index is -0.982. The van der Waals surface area contributed by atoms with Gasteiger partial charge in [-0.2, -0.15) is 0 Å². The minimum Gasteiger partial charge on any atom is -0.457 e. The van der Waals surface area contributed by atoms with Gasteiger partial charge in [-0.15, -0.1) is 11.3 Å². The number of para-hydroxylation sites is 1. The van der Waals surface area contributed by atoms with E-state index in [1.807, 2.05) is 5.38 Å². The molecule has 3 rings (SSSR count). The Labute approximate surface area is 141 Å². The highest BCUT2D eigenvalue weighted by Gasteiger charge is 2.12. The number of carbonyl (C=O) groups excluding carboxylic acids is 1. The van der Waals surface area contributed by atoms with Crippen LogP contribution in [0.2, 0.25) is 0 Å². The van der Waals surface area contributed by atoms with Crippen LogP contribution in [0.25, 0.3) is 0 Å². The first-order chi connectivity index (χ1) is 11.6. The fourth-order valence-electron chi connectivity index (χ4n) is 2.20. The third-order valence-electron chi connectivity index (χ3n) is 3.31. The lowest BCUT2D eigenvalue weighted by Crippen LogP contribution is -2.07. The van der Waals surface area contributed by atoms with Crippen molar-refractivity contribution in [2.75, 3.05) is 0 Å². The topological polar surface area (TPSA) is 39.2 Å². The number of hydrogen-bond acceptors (Lipinski definition) is 4. The van der Waals surface area contributed by atoms with Crippen LogP contribution in [0.3, 0.4) is 0 Å². The number of carbonyl (C=O) groups is 1. The predicted molar refractivity (Wildman–Crippen MR) is 87.4 cm³/mol. The molecule has 3 aromatic rings. The Kier molecular flexibility index (Phi) is 4.96. The molecule has 0 saturated heterocycles. The van der Waals surface area contributed by atoms with Gasteiger partial charge >= 0.3 is 0 Å². The SMILES string of the molecule is O=C(Cc1nccs1)Cc1ccccc1Oc1ccc(F)c(F)c1. The van der Waals surface area contributed by atoms with Gasteiger partial charge in [0.05, 0.1) is 11.4 Å². The van der Waals surface area contributed by atoms with Crippen LogP contribution in [0.4, 0.5) is 8.78 Å². The van der Waals surface area contributed by atoms with Crippen LogP contribution in [0.15, 0.2) is 54.0 Å². The minimum absolute atomic E-state index is 0.00582. The van der Waals surface area contributed by atoms with Crippen LogP contribution in [0.5, 0.6) is 11.5 Å². The molecule has 122 valence electrons. The van der Waals surface area contributed by atoms with Crippen LogP contribution in [0, 0.1) is 11.6 Å². The number of thiazole rings is 1. The van der Waals surface area contributed by atoms with Gasteiger partial charge in [-0.25, -0.2) is 13.8 Å². The van der Waals surface area contributed by atoms with Crippen molar-refractivity contribution in [3.8, 4) is 11.5 Å². The van der Waals surface area contributed by atoms with Gasteiger partial charge < -0.3 is 4.74 Å². The molecule has 1 heterocycles. The van der Waals surface area contributed by atoms with Crippen LogP contribution in [-0.2, 0) is 17.6 Å². The Bertz CT molecular complexity index is 850.